The Bertz CT molecular complexity index is 216. The third-order valence-electron chi connectivity index (χ3n) is 2.04. The van der Waals surface area contributed by atoms with Gasteiger partial charge in [0.1, 0.15) is 0 Å². The van der Waals surface area contributed by atoms with Crippen molar-refractivity contribution < 1.29 is 0 Å². The van der Waals surface area contributed by atoms with Gasteiger partial charge in [-0.25, -0.2) is 0 Å². The van der Waals surface area contributed by atoms with Crippen LogP contribution in [0.15, 0.2) is 22.7 Å². The summed E-state index contributed by atoms with van der Waals surface area (Å²) in [5.74, 6) is 0. The summed E-state index contributed by atoms with van der Waals surface area (Å²) >= 11 is 11.6. The molecule has 0 saturated carbocycles. The SMILES string of the molecule is CC1=CCC(C)=C(B(Cl)Cl)C1. The molecule has 0 aromatic heterocycles. The first-order valence-electron chi connectivity index (χ1n) is 3.73. The van der Waals surface area contributed by atoms with Crippen molar-refractivity contribution in [3.8, 4) is 0 Å². The van der Waals surface area contributed by atoms with Crippen molar-refractivity contribution in [1.82, 2.24) is 0 Å². The summed E-state index contributed by atoms with van der Waals surface area (Å²) in [7, 11) is 0. The van der Waals surface area contributed by atoms with Gasteiger partial charge >= 0.3 is 5.54 Å². The zero-order chi connectivity index (χ0) is 8.43. The first-order chi connectivity index (χ1) is 5.11. The average Bonchev–Trinajstić information content (AvgIpc) is 1.94. The monoisotopic (exact) mass is 188 g/mol. The zero-order valence-electron chi connectivity index (χ0n) is 6.82. The van der Waals surface area contributed by atoms with E-state index in [1.807, 2.05) is 0 Å². The van der Waals surface area contributed by atoms with E-state index in [1.54, 1.807) is 0 Å². The molecule has 0 N–H and O–H groups in total. The van der Waals surface area contributed by atoms with E-state index in [0.29, 0.717) is 0 Å². The third kappa shape index (κ3) is 2.28. The molecule has 1 aliphatic carbocycles. The molecule has 0 unspecified atom stereocenters. The molecule has 60 valence electrons. The molecule has 0 aliphatic heterocycles. The molecule has 0 amide bonds. The lowest BCUT2D eigenvalue weighted by atomic mass is 9.79. The van der Waals surface area contributed by atoms with Crippen molar-refractivity contribution >= 4 is 28.5 Å². The molecule has 0 aromatic rings. The molecule has 1 aliphatic rings. The third-order valence-corrected chi connectivity index (χ3v) is 2.56. The standard InChI is InChI=1S/C8H11BCl2/c1-6-3-4-7(2)8(5-6)9(10)11/h3H,4-5H2,1-2H3. The first-order valence-corrected chi connectivity index (χ1v) is 4.61. The van der Waals surface area contributed by atoms with Crippen LogP contribution in [0.4, 0.5) is 0 Å². The lowest BCUT2D eigenvalue weighted by Crippen LogP contribution is -2.06. The maximum absolute atomic E-state index is 5.80. The molecule has 0 heterocycles. The van der Waals surface area contributed by atoms with Crippen LogP contribution in [-0.2, 0) is 0 Å². The number of allylic oxidation sites excluding steroid dienone is 4. The Morgan fingerprint density at radius 2 is 2.00 bits per heavy atom. The number of rotatable bonds is 1. The molecule has 0 atom stereocenters. The molecule has 0 nitrogen and oxygen atoms in total. The van der Waals surface area contributed by atoms with E-state index in [1.165, 1.54) is 16.6 Å². The number of hydrogen-bond donors (Lipinski definition) is 0. The van der Waals surface area contributed by atoms with E-state index >= 15 is 0 Å². The summed E-state index contributed by atoms with van der Waals surface area (Å²) in [4.78, 5) is 0. The lowest BCUT2D eigenvalue weighted by Gasteiger charge is -2.16. The van der Waals surface area contributed by atoms with Crippen LogP contribution in [0.25, 0.3) is 0 Å². The van der Waals surface area contributed by atoms with Crippen LogP contribution in [0, 0.1) is 0 Å². The molecule has 11 heavy (non-hydrogen) atoms. The van der Waals surface area contributed by atoms with Crippen LogP contribution in [0.2, 0.25) is 0 Å². The molecule has 0 saturated heterocycles. The Morgan fingerprint density at radius 1 is 1.36 bits per heavy atom. The van der Waals surface area contributed by atoms with Crippen molar-refractivity contribution in [2.45, 2.75) is 26.7 Å². The highest BCUT2D eigenvalue weighted by molar-refractivity contribution is 7.37. The van der Waals surface area contributed by atoms with Gasteiger partial charge in [0.25, 0.3) is 0 Å². The largest absolute Gasteiger partial charge is 0.379 e. The molecule has 0 radical (unpaired) electrons. The van der Waals surface area contributed by atoms with Gasteiger partial charge in [0.05, 0.1) is 0 Å². The zero-order valence-corrected chi connectivity index (χ0v) is 8.34. The van der Waals surface area contributed by atoms with Crippen LogP contribution in [0.1, 0.15) is 26.7 Å². The van der Waals surface area contributed by atoms with Gasteiger partial charge in [0.2, 0.25) is 0 Å². The normalized spacial score (nSPS) is 18.4. The quantitative estimate of drug-likeness (QED) is 0.436. The molecule has 0 bridgehead atoms. The fraction of sp³-hybridized carbons (Fsp3) is 0.500. The van der Waals surface area contributed by atoms with E-state index in [-0.39, 0.29) is 5.54 Å². The molecular formula is C8H11BCl2. The van der Waals surface area contributed by atoms with Crippen LogP contribution < -0.4 is 0 Å². The maximum Gasteiger partial charge on any atom is 0.379 e. The molecule has 3 heteroatoms. The molecular weight excluding hydrogens is 178 g/mol. The minimum atomic E-state index is -0.321. The summed E-state index contributed by atoms with van der Waals surface area (Å²) < 4.78 is 0. The van der Waals surface area contributed by atoms with E-state index in [4.69, 9.17) is 22.9 Å². The summed E-state index contributed by atoms with van der Waals surface area (Å²) in [5.41, 5.74) is 3.56. The summed E-state index contributed by atoms with van der Waals surface area (Å²) in [6.45, 7) is 4.21. The van der Waals surface area contributed by atoms with Crippen molar-refractivity contribution in [2.75, 3.05) is 0 Å². The summed E-state index contributed by atoms with van der Waals surface area (Å²) in [5, 5.41) is 0. The number of hydrogen-bond acceptors (Lipinski definition) is 0. The second-order valence-electron chi connectivity index (χ2n) is 3.04. The van der Waals surface area contributed by atoms with Gasteiger partial charge in [0, 0.05) is 0 Å². The fourth-order valence-electron chi connectivity index (χ4n) is 1.25. The number of halogens is 2. The van der Waals surface area contributed by atoms with Crippen LogP contribution in [0.3, 0.4) is 0 Å². The van der Waals surface area contributed by atoms with Gasteiger partial charge in [-0.05, 0) is 26.7 Å². The van der Waals surface area contributed by atoms with Crippen molar-refractivity contribution in [3.63, 3.8) is 0 Å². The van der Waals surface area contributed by atoms with Crippen molar-refractivity contribution in [1.29, 1.82) is 0 Å². The Balaban J connectivity index is 2.76. The highest BCUT2D eigenvalue weighted by Crippen LogP contribution is 2.28. The van der Waals surface area contributed by atoms with Crippen LogP contribution in [0.5, 0.6) is 0 Å². The van der Waals surface area contributed by atoms with Gasteiger partial charge in [-0.1, -0.05) is 22.7 Å². The fourth-order valence-corrected chi connectivity index (χ4v) is 1.77. The Labute approximate surface area is 78.2 Å². The van der Waals surface area contributed by atoms with Crippen molar-refractivity contribution in [3.05, 3.63) is 22.7 Å². The average molecular weight is 189 g/mol. The minimum absolute atomic E-state index is 0.321. The predicted molar refractivity (Wildman–Crippen MR) is 53.2 cm³/mol. The maximum atomic E-state index is 5.80. The molecule has 0 spiro atoms. The van der Waals surface area contributed by atoms with E-state index in [2.05, 4.69) is 19.9 Å². The highest BCUT2D eigenvalue weighted by Gasteiger charge is 2.18. The van der Waals surface area contributed by atoms with E-state index in [9.17, 15) is 0 Å². The topological polar surface area (TPSA) is 0 Å². The van der Waals surface area contributed by atoms with Gasteiger partial charge in [-0.3, -0.25) is 0 Å². The highest BCUT2D eigenvalue weighted by atomic mass is 35.5. The van der Waals surface area contributed by atoms with Crippen LogP contribution in [-0.4, -0.2) is 5.54 Å². The first kappa shape index (κ1) is 9.21. The second-order valence-corrected chi connectivity index (χ2v) is 4.13. The van der Waals surface area contributed by atoms with Gasteiger partial charge < -0.3 is 0 Å². The molecule has 0 aromatic carbocycles. The van der Waals surface area contributed by atoms with Crippen LogP contribution >= 0.6 is 22.9 Å². The Kier molecular flexibility index (Phi) is 3.09. The molecule has 0 fully saturated rings. The van der Waals surface area contributed by atoms with E-state index < -0.39 is 0 Å². The Hall–Kier alpha value is 0.125. The molecule has 1 rings (SSSR count). The predicted octanol–water partition coefficient (Wildman–Crippen LogP) is 3.55. The van der Waals surface area contributed by atoms with Gasteiger partial charge in [-0.15, -0.1) is 0 Å². The van der Waals surface area contributed by atoms with Crippen molar-refractivity contribution in [2.24, 2.45) is 0 Å². The minimum Gasteiger partial charge on any atom is -0.165 e. The van der Waals surface area contributed by atoms with E-state index in [0.717, 1.165) is 12.8 Å². The van der Waals surface area contributed by atoms with Gasteiger partial charge in [-0.2, -0.15) is 22.9 Å². The lowest BCUT2D eigenvalue weighted by molar-refractivity contribution is 1.03. The van der Waals surface area contributed by atoms with Gasteiger partial charge in [0.15, 0.2) is 0 Å². The summed E-state index contributed by atoms with van der Waals surface area (Å²) in [6, 6.07) is 0. The second kappa shape index (κ2) is 3.69. The Morgan fingerprint density at radius 3 is 2.45 bits per heavy atom. The smallest absolute Gasteiger partial charge is 0.165 e. The summed E-state index contributed by atoms with van der Waals surface area (Å²) in [6.07, 6.45) is 4.19.